The number of nitrogens with zero attached hydrogens (tertiary/aromatic N) is 1. The average molecular weight is 447 g/mol. The molecular formula is C15H11Br2ClN2O2. The van der Waals surface area contributed by atoms with Crippen molar-refractivity contribution in [2.75, 3.05) is 7.11 Å². The van der Waals surface area contributed by atoms with Crippen LogP contribution < -0.4 is 10.2 Å². The first-order chi connectivity index (χ1) is 10.5. The summed E-state index contributed by atoms with van der Waals surface area (Å²) in [7, 11) is 1.59. The first kappa shape index (κ1) is 17.0. The van der Waals surface area contributed by atoms with Crippen LogP contribution in [0.15, 0.2) is 50.4 Å². The van der Waals surface area contributed by atoms with Gasteiger partial charge in [0.2, 0.25) is 0 Å². The largest absolute Gasteiger partial charge is 0.494 e. The van der Waals surface area contributed by atoms with E-state index in [-0.39, 0.29) is 5.91 Å². The SMILES string of the molecule is COc1c(Br)cc(/C=N\NC(=O)c2cccc(Cl)c2)cc1Br. The molecule has 0 aliphatic rings. The third kappa shape index (κ3) is 4.32. The Balaban J connectivity index is 2.08. The number of ether oxygens (including phenoxy) is 1. The molecule has 114 valence electrons. The van der Waals surface area contributed by atoms with Gasteiger partial charge in [0.1, 0.15) is 5.75 Å². The van der Waals surface area contributed by atoms with Gasteiger partial charge in [0.25, 0.3) is 5.91 Å². The molecule has 0 aliphatic heterocycles. The van der Waals surface area contributed by atoms with E-state index in [0.717, 1.165) is 14.5 Å². The molecule has 0 heterocycles. The summed E-state index contributed by atoms with van der Waals surface area (Å²) < 4.78 is 6.79. The first-order valence-electron chi connectivity index (χ1n) is 6.13. The average Bonchev–Trinajstić information content (AvgIpc) is 2.47. The minimum atomic E-state index is -0.328. The van der Waals surface area contributed by atoms with Gasteiger partial charge in [-0.15, -0.1) is 0 Å². The van der Waals surface area contributed by atoms with E-state index in [9.17, 15) is 4.79 Å². The van der Waals surface area contributed by atoms with E-state index >= 15 is 0 Å². The molecule has 0 fully saturated rings. The molecule has 0 radical (unpaired) electrons. The lowest BCUT2D eigenvalue weighted by Gasteiger charge is -2.06. The summed E-state index contributed by atoms with van der Waals surface area (Å²) in [5.74, 6) is 0.366. The summed E-state index contributed by atoms with van der Waals surface area (Å²) in [5, 5.41) is 4.43. The normalized spacial score (nSPS) is 10.7. The van der Waals surface area contributed by atoms with Gasteiger partial charge < -0.3 is 4.74 Å². The number of hydrazone groups is 1. The summed E-state index contributed by atoms with van der Waals surface area (Å²) in [4.78, 5) is 11.9. The molecule has 0 bridgehead atoms. The second-order valence-corrected chi connectivity index (χ2v) is 6.37. The molecule has 0 unspecified atom stereocenters. The summed E-state index contributed by atoms with van der Waals surface area (Å²) in [6.45, 7) is 0. The summed E-state index contributed by atoms with van der Waals surface area (Å²) in [5.41, 5.74) is 3.70. The lowest BCUT2D eigenvalue weighted by atomic mass is 10.2. The van der Waals surface area contributed by atoms with Crippen LogP contribution in [0.2, 0.25) is 5.02 Å². The van der Waals surface area contributed by atoms with Crippen LogP contribution in [0.25, 0.3) is 0 Å². The van der Waals surface area contributed by atoms with Gasteiger partial charge in [-0.25, -0.2) is 5.43 Å². The maximum Gasteiger partial charge on any atom is 0.271 e. The van der Waals surface area contributed by atoms with Gasteiger partial charge in [0, 0.05) is 10.6 Å². The fourth-order valence-corrected chi connectivity index (χ4v) is 3.44. The Kier molecular flexibility index (Phi) is 5.99. The summed E-state index contributed by atoms with van der Waals surface area (Å²) in [6.07, 6.45) is 1.54. The van der Waals surface area contributed by atoms with Crippen LogP contribution in [0, 0.1) is 0 Å². The number of carbonyl (C=O) groups is 1. The van der Waals surface area contributed by atoms with Gasteiger partial charge in [0.05, 0.1) is 22.3 Å². The van der Waals surface area contributed by atoms with E-state index in [1.807, 2.05) is 12.1 Å². The number of carbonyl (C=O) groups excluding carboxylic acids is 1. The van der Waals surface area contributed by atoms with E-state index in [1.165, 1.54) is 6.21 Å². The van der Waals surface area contributed by atoms with Crippen LogP contribution in [0.3, 0.4) is 0 Å². The van der Waals surface area contributed by atoms with Gasteiger partial charge in [-0.1, -0.05) is 17.7 Å². The lowest BCUT2D eigenvalue weighted by molar-refractivity contribution is 0.0955. The maximum atomic E-state index is 11.9. The molecule has 0 atom stereocenters. The van der Waals surface area contributed by atoms with E-state index in [1.54, 1.807) is 31.4 Å². The molecule has 0 aromatic heterocycles. The number of benzene rings is 2. The Hall–Kier alpha value is -1.37. The zero-order valence-electron chi connectivity index (χ0n) is 11.4. The highest BCUT2D eigenvalue weighted by Gasteiger charge is 2.07. The van der Waals surface area contributed by atoms with E-state index < -0.39 is 0 Å². The Bertz CT molecular complexity index is 712. The molecule has 7 heteroatoms. The Morgan fingerprint density at radius 2 is 1.95 bits per heavy atom. The molecule has 0 spiro atoms. The summed E-state index contributed by atoms with van der Waals surface area (Å²) >= 11 is 12.7. The highest BCUT2D eigenvalue weighted by atomic mass is 79.9. The molecule has 2 aromatic carbocycles. The molecule has 2 aromatic rings. The predicted octanol–water partition coefficient (Wildman–Crippen LogP) is 4.64. The second kappa shape index (κ2) is 7.76. The van der Waals surface area contributed by atoms with Crippen LogP contribution in [0.5, 0.6) is 5.75 Å². The molecule has 4 nitrogen and oxygen atoms in total. The van der Waals surface area contributed by atoms with E-state index in [2.05, 4.69) is 42.4 Å². The number of halogens is 3. The standard InChI is InChI=1S/C15H11Br2ClN2O2/c1-22-14-12(16)5-9(6-13(14)17)8-19-20-15(21)10-3-2-4-11(18)7-10/h2-8H,1H3,(H,20,21)/b19-8-. The molecule has 0 saturated carbocycles. The number of hydrogen-bond donors (Lipinski definition) is 1. The lowest BCUT2D eigenvalue weighted by Crippen LogP contribution is -2.17. The fourth-order valence-electron chi connectivity index (χ4n) is 1.71. The van der Waals surface area contributed by atoms with E-state index in [0.29, 0.717) is 16.3 Å². The molecule has 0 aliphatic carbocycles. The molecule has 1 amide bonds. The number of rotatable bonds is 4. The van der Waals surface area contributed by atoms with Crippen molar-refractivity contribution < 1.29 is 9.53 Å². The van der Waals surface area contributed by atoms with Gasteiger partial charge in [-0.3, -0.25) is 4.79 Å². The van der Waals surface area contributed by atoms with Crippen molar-refractivity contribution in [3.05, 3.63) is 61.5 Å². The smallest absolute Gasteiger partial charge is 0.271 e. The molecular weight excluding hydrogens is 435 g/mol. The topological polar surface area (TPSA) is 50.7 Å². The fraction of sp³-hybridized carbons (Fsp3) is 0.0667. The number of amides is 1. The van der Waals surface area contributed by atoms with Crippen molar-refractivity contribution in [1.29, 1.82) is 0 Å². The second-order valence-electron chi connectivity index (χ2n) is 4.23. The highest BCUT2D eigenvalue weighted by molar-refractivity contribution is 9.11. The van der Waals surface area contributed by atoms with Crippen LogP contribution in [0.1, 0.15) is 15.9 Å². The molecule has 22 heavy (non-hydrogen) atoms. The zero-order valence-corrected chi connectivity index (χ0v) is 15.4. The van der Waals surface area contributed by atoms with Crippen molar-refractivity contribution in [3.63, 3.8) is 0 Å². The van der Waals surface area contributed by atoms with Crippen molar-refractivity contribution in [2.45, 2.75) is 0 Å². The van der Waals surface area contributed by atoms with E-state index in [4.69, 9.17) is 16.3 Å². The van der Waals surface area contributed by atoms with Crippen LogP contribution >= 0.6 is 43.5 Å². The van der Waals surface area contributed by atoms with Crippen LogP contribution in [0.4, 0.5) is 0 Å². The zero-order chi connectivity index (χ0) is 16.1. The maximum absolute atomic E-state index is 11.9. The quantitative estimate of drug-likeness (QED) is 0.550. The molecule has 0 saturated heterocycles. The Morgan fingerprint density at radius 1 is 1.27 bits per heavy atom. The van der Waals surface area contributed by atoms with Crippen molar-refractivity contribution in [1.82, 2.24) is 5.43 Å². The Labute approximate surface area is 149 Å². The minimum absolute atomic E-state index is 0.328. The van der Waals surface area contributed by atoms with Gasteiger partial charge >= 0.3 is 0 Å². The van der Waals surface area contributed by atoms with Gasteiger partial charge in [0.15, 0.2) is 0 Å². The third-order valence-electron chi connectivity index (χ3n) is 2.69. The van der Waals surface area contributed by atoms with Crippen molar-refractivity contribution in [2.24, 2.45) is 5.10 Å². The van der Waals surface area contributed by atoms with Crippen molar-refractivity contribution in [3.8, 4) is 5.75 Å². The Morgan fingerprint density at radius 3 is 2.55 bits per heavy atom. The number of methoxy groups -OCH3 is 1. The monoisotopic (exact) mass is 444 g/mol. The minimum Gasteiger partial charge on any atom is -0.494 e. The highest BCUT2D eigenvalue weighted by Crippen LogP contribution is 2.33. The van der Waals surface area contributed by atoms with Crippen molar-refractivity contribution >= 4 is 55.6 Å². The number of nitrogens with one attached hydrogen (secondary N) is 1. The molecule has 1 N–H and O–H groups in total. The van der Waals surface area contributed by atoms with Gasteiger partial charge in [-0.2, -0.15) is 5.10 Å². The first-order valence-corrected chi connectivity index (χ1v) is 8.09. The third-order valence-corrected chi connectivity index (χ3v) is 4.10. The van der Waals surface area contributed by atoms with Crippen LogP contribution in [-0.2, 0) is 0 Å². The number of hydrogen-bond acceptors (Lipinski definition) is 3. The van der Waals surface area contributed by atoms with Crippen LogP contribution in [-0.4, -0.2) is 19.2 Å². The van der Waals surface area contributed by atoms with Gasteiger partial charge in [-0.05, 0) is 67.8 Å². The molecule has 2 rings (SSSR count). The predicted molar refractivity (Wildman–Crippen MR) is 94.9 cm³/mol. The summed E-state index contributed by atoms with van der Waals surface area (Å²) in [6, 6.07) is 10.3.